The number of rotatable bonds is 7. The first-order chi connectivity index (χ1) is 12.9. The van der Waals surface area contributed by atoms with Crippen molar-refractivity contribution in [1.29, 1.82) is 0 Å². The molecular weight excluding hydrogens is 346 g/mol. The SMILES string of the molecule is C=C/C(F)=C\C=C\c1nn(/C(C=C)=C/C=C(\C)F)cc1C1C=CC(=O)CC1. The van der Waals surface area contributed by atoms with Crippen molar-refractivity contribution in [2.75, 3.05) is 0 Å². The van der Waals surface area contributed by atoms with Crippen molar-refractivity contribution in [2.24, 2.45) is 0 Å². The van der Waals surface area contributed by atoms with Gasteiger partial charge in [0.25, 0.3) is 0 Å². The number of allylic oxidation sites excluding steroid dienone is 11. The van der Waals surface area contributed by atoms with Crippen LogP contribution in [0, 0.1) is 0 Å². The van der Waals surface area contributed by atoms with Crippen molar-refractivity contribution in [3.63, 3.8) is 0 Å². The fraction of sp³-hybridized carbons (Fsp3) is 0.182. The second-order valence-electron chi connectivity index (χ2n) is 6.05. The summed E-state index contributed by atoms with van der Waals surface area (Å²) < 4.78 is 27.9. The lowest BCUT2D eigenvalue weighted by atomic mass is 9.89. The van der Waals surface area contributed by atoms with Crippen LogP contribution in [0.25, 0.3) is 11.8 Å². The molecule has 1 unspecified atom stereocenters. The third kappa shape index (κ3) is 5.71. The van der Waals surface area contributed by atoms with Gasteiger partial charge in [-0.25, -0.2) is 13.5 Å². The second-order valence-corrected chi connectivity index (χ2v) is 6.05. The maximum atomic E-state index is 13.3. The van der Waals surface area contributed by atoms with Gasteiger partial charge in [-0.3, -0.25) is 4.79 Å². The summed E-state index contributed by atoms with van der Waals surface area (Å²) in [4.78, 5) is 11.5. The van der Waals surface area contributed by atoms with Crippen molar-refractivity contribution >= 4 is 17.6 Å². The highest BCUT2D eigenvalue weighted by Gasteiger charge is 2.20. The van der Waals surface area contributed by atoms with E-state index < -0.39 is 5.83 Å². The van der Waals surface area contributed by atoms with Gasteiger partial charge in [0.15, 0.2) is 5.78 Å². The Bertz CT molecular complexity index is 878. The number of carbonyl (C=O) groups excluding carboxylic acids is 1. The molecular formula is C22H22F2N2O. The fourth-order valence-electron chi connectivity index (χ4n) is 2.65. The zero-order valence-electron chi connectivity index (χ0n) is 15.2. The average Bonchev–Trinajstić information content (AvgIpc) is 3.06. The van der Waals surface area contributed by atoms with Crippen molar-refractivity contribution < 1.29 is 13.6 Å². The predicted molar refractivity (Wildman–Crippen MR) is 106 cm³/mol. The molecule has 0 fully saturated rings. The van der Waals surface area contributed by atoms with Gasteiger partial charge < -0.3 is 0 Å². The topological polar surface area (TPSA) is 34.9 Å². The molecule has 140 valence electrons. The zero-order chi connectivity index (χ0) is 19.8. The minimum atomic E-state index is -0.453. The Morgan fingerprint density at radius 1 is 1.26 bits per heavy atom. The van der Waals surface area contributed by atoms with Crippen LogP contribution in [0.5, 0.6) is 0 Å². The normalized spacial score (nSPS) is 19.0. The zero-order valence-corrected chi connectivity index (χ0v) is 15.2. The molecule has 1 aliphatic carbocycles. The largest absolute Gasteiger partial charge is 0.295 e. The van der Waals surface area contributed by atoms with E-state index in [-0.39, 0.29) is 17.5 Å². The summed E-state index contributed by atoms with van der Waals surface area (Å²) in [7, 11) is 0. The average molecular weight is 368 g/mol. The number of hydrogen-bond acceptors (Lipinski definition) is 2. The minimum Gasteiger partial charge on any atom is -0.295 e. The summed E-state index contributed by atoms with van der Waals surface area (Å²) in [6.45, 7) is 8.46. The Morgan fingerprint density at radius 2 is 2.04 bits per heavy atom. The molecule has 0 aliphatic heterocycles. The van der Waals surface area contributed by atoms with Gasteiger partial charge in [-0.2, -0.15) is 5.10 Å². The van der Waals surface area contributed by atoms with Crippen molar-refractivity contribution in [2.45, 2.75) is 25.7 Å². The van der Waals surface area contributed by atoms with E-state index in [4.69, 9.17) is 0 Å². The first-order valence-corrected chi connectivity index (χ1v) is 8.58. The van der Waals surface area contributed by atoms with E-state index >= 15 is 0 Å². The molecule has 0 amide bonds. The summed E-state index contributed by atoms with van der Waals surface area (Å²) in [6.07, 6.45) is 16.5. The van der Waals surface area contributed by atoms with Gasteiger partial charge in [0.1, 0.15) is 5.83 Å². The summed E-state index contributed by atoms with van der Waals surface area (Å²) in [5.74, 6) is -0.665. The van der Waals surface area contributed by atoms with Gasteiger partial charge in [-0.1, -0.05) is 25.3 Å². The maximum Gasteiger partial charge on any atom is 0.155 e. The third-order valence-electron chi connectivity index (χ3n) is 4.05. The van der Waals surface area contributed by atoms with E-state index in [0.717, 1.165) is 11.6 Å². The van der Waals surface area contributed by atoms with Gasteiger partial charge in [0.05, 0.1) is 17.2 Å². The maximum absolute atomic E-state index is 13.3. The fourth-order valence-corrected chi connectivity index (χ4v) is 2.65. The Morgan fingerprint density at radius 3 is 2.63 bits per heavy atom. The highest BCUT2D eigenvalue weighted by molar-refractivity contribution is 5.90. The monoisotopic (exact) mass is 368 g/mol. The lowest BCUT2D eigenvalue weighted by molar-refractivity contribution is -0.115. The second kappa shape index (κ2) is 9.57. The number of halogens is 2. The molecule has 1 atom stereocenters. The van der Waals surface area contributed by atoms with E-state index in [9.17, 15) is 13.6 Å². The summed E-state index contributed by atoms with van der Waals surface area (Å²) in [6, 6.07) is 0. The molecule has 0 N–H and O–H groups in total. The quantitative estimate of drug-likeness (QED) is 0.567. The smallest absolute Gasteiger partial charge is 0.155 e. The first-order valence-electron chi connectivity index (χ1n) is 8.58. The van der Waals surface area contributed by atoms with Crippen LogP contribution in [0.2, 0.25) is 0 Å². The van der Waals surface area contributed by atoms with E-state index in [1.807, 2.05) is 12.3 Å². The van der Waals surface area contributed by atoms with Gasteiger partial charge >= 0.3 is 0 Å². The van der Waals surface area contributed by atoms with Gasteiger partial charge in [0, 0.05) is 24.1 Å². The Kier molecular flexibility index (Phi) is 7.17. The number of aromatic nitrogens is 2. The van der Waals surface area contributed by atoms with Crippen LogP contribution >= 0.6 is 0 Å². The van der Waals surface area contributed by atoms with Crippen LogP contribution in [-0.4, -0.2) is 15.6 Å². The molecule has 1 aromatic heterocycles. The van der Waals surface area contributed by atoms with Crippen LogP contribution in [0.15, 0.2) is 79.6 Å². The van der Waals surface area contributed by atoms with Crippen molar-refractivity contribution in [1.82, 2.24) is 9.78 Å². The third-order valence-corrected chi connectivity index (χ3v) is 4.05. The van der Waals surface area contributed by atoms with Crippen LogP contribution in [0.3, 0.4) is 0 Å². The van der Waals surface area contributed by atoms with Crippen molar-refractivity contribution in [3.8, 4) is 0 Å². The molecule has 1 aromatic rings. The van der Waals surface area contributed by atoms with E-state index in [1.165, 1.54) is 19.1 Å². The molecule has 0 saturated heterocycles. The van der Waals surface area contributed by atoms with E-state index in [0.29, 0.717) is 24.2 Å². The highest BCUT2D eigenvalue weighted by atomic mass is 19.1. The van der Waals surface area contributed by atoms with Gasteiger partial charge in [0.2, 0.25) is 0 Å². The lowest BCUT2D eigenvalue weighted by Crippen LogP contribution is -2.06. The Balaban J connectivity index is 2.47. The van der Waals surface area contributed by atoms with Crippen LogP contribution in [-0.2, 0) is 4.79 Å². The van der Waals surface area contributed by atoms with Crippen LogP contribution < -0.4 is 0 Å². The summed E-state index contributed by atoms with van der Waals surface area (Å²) in [5.41, 5.74) is 2.13. The molecule has 27 heavy (non-hydrogen) atoms. The highest BCUT2D eigenvalue weighted by Crippen LogP contribution is 2.30. The van der Waals surface area contributed by atoms with Gasteiger partial charge in [-0.05, 0) is 55.9 Å². The number of carbonyl (C=O) groups is 1. The Labute approximate surface area is 158 Å². The van der Waals surface area contributed by atoms with Crippen molar-refractivity contribution in [3.05, 3.63) is 90.9 Å². The number of nitrogens with zero attached hydrogens (tertiary/aromatic N) is 2. The molecule has 3 nitrogen and oxygen atoms in total. The molecule has 0 bridgehead atoms. The molecule has 1 heterocycles. The summed E-state index contributed by atoms with van der Waals surface area (Å²) in [5, 5.41) is 4.52. The predicted octanol–water partition coefficient (Wildman–Crippen LogP) is 5.84. The minimum absolute atomic E-state index is 0.0221. The standard InChI is InChI=1S/C22H22F2N2O/c1-4-18(24)7-6-8-22-21(17-10-13-20(27)14-11-17)15-26(25-22)19(5-2)12-9-16(3)23/h4-10,12-13,15,17H,1-2,11,14H2,3H3/b8-6+,16-9+,18-7+,19-12+. The summed E-state index contributed by atoms with van der Waals surface area (Å²) >= 11 is 0. The number of ketones is 1. The molecule has 5 heteroatoms. The molecule has 0 spiro atoms. The first kappa shape index (κ1) is 20.2. The van der Waals surface area contributed by atoms with Crippen LogP contribution in [0.1, 0.15) is 36.9 Å². The van der Waals surface area contributed by atoms with E-state index in [2.05, 4.69) is 18.3 Å². The van der Waals surface area contributed by atoms with Gasteiger partial charge in [-0.15, -0.1) is 0 Å². The molecule has 2 rings (SSSR count). The van der Waals surface area contributed by atoms with Crippen LogP contribution in [0.4, 0.5) is 8.78 Å². The van der Waals surface area contributed by atoms with E-state index in [1.54, 1.807) is 35.1 Å². The molecule has 0 saturated carbocycles. The molecule has 0 radical (unpaired) electrons. The molecule has 1 aliphatic rings. The lowest BCUT2D eigenvalue weighted by Gasteiger charge is -2.14. The number of hydrogen-bond donors (Lipinski definition) is 0. The molecule has 0 aromatic carbocycles. The Hall–Kier alpha value is -3.08.